The van der Waals surface area contributed by atoms with E-state index in [0.29, 0.717) is 11.9 Å². The molecule has 0 radical (unpaired) electrons. The summed E-state index contributed by atoms with van der Waals surface area (Å²) in [6.07, 6.45) is 0. The fourth-order valence-electron chi connectivity index (χ4n) is 17.2. The molecule has 17 aromatic carbocycles. The number of para-hydroxylation sites is 8. The van der Waals surface area contributed by atoms with Gasteiger partial charge in [0.05, 0.1) is 66.6 Å². The molecule has 0 unspecified atom stereocenters. The standard InChI is InChI=1S/C54H34N4.C48H30N4/c1-3-13-35(14-4-1)36-23-25-37(26-24-36)53-44-18-7-10-20-47(44)55-54(56-53)58-49-22-12-9-19-45(49)52-42-30-27-38(33-40(42)29-32-51(52)58)39-28-31-50-46(34-39)43-17-8-11-21-48(43)57(50)41-15-5-2-6-16-41;1-3-13-31(14-4-1)47-38-18-7-10-20-41(38)49-48(50-47)52-43-22-12-9-19-39(43)46-36-26-23-32(29-34(36)25-28-45(46)52)33-24-27-44-40(30-33)37-17-8-11-21-42(37)51(44)35-15-5-2-6-16-35/h1-34H;1-30H. The van der Waals surface area contributed by atoms with Crippen molar-refractivity contribution in [2.45, 2.75) is 0 Å². The Kier molecular flexibility index (Phi) is 14.5. The zero-order valence-corrected chi connectivity index (χ0v) is 59.5. The van der Waals surface area contributed by atoms with Gasteiger partial charge < -0.3 is 9.13 Å². The predicted octanol–water partition coefficient (Wildman–Crippen LogP) is 26.3. The van der Waals surface area contributed by atoms with Crippen LogP contribution >= 0.6 is 0 Å². The highest BCUT2D eigenvalue weighted by Crippen LogP contribution is 2.44. The molecule has 6 heterocycles. The van der Waals surface area contributed by atoms with Gasteiger partial charge in [-0.15, -0.1) is 0 Å². The monoisotopic (exact) mass is 1400 g/mol. The summed E-state index contributed by atoms with van der Waals surface area (Å²) in [7, 11) is 0. The van der Waals surface area contributed by atoms with Crippen molar-refractivity contribution in [2.24, 2.45) is 0 Å². The summed E-state index contributed by atoms with van der Waals surface area (Å²) >= 11 is 0. The van der Waals surface area contributed by atoms with Crippen molar-refractivity contribution < 1.29 is 0 Å². The summed E-state index contributed by atoms with van der Waals surface area (Å²) in [6, 6.07) is 139. The maximum absolute atomic E-state index is 5.37. The summed E-state index contributed by atoms with van der Waals surface area (Å²) in [5, 5.41) is 16.6. The SMILES string of the molecule is c1ccc(-c2ccc(-c3nc(-n4c5ccccc5c5c6ccc(-c7ccc8c(c7)c7ccccc7n8-c7ccccc7)cc6ccc54)nc4ccccc34)cc2)cc1.c1ccc(-c2nc(-n3c4ccccc4c4c5ccc(-c6ccc7c(c6)c6ccccc6n7-c6ccccc6)cc5ccc43)nc3ccccc23)cc1. The highest BCUT2D eigenvalue weighted by molar-refractivity contribution is 6.23. The summed E-state index contributed by atoms with van der Waals surface area (Å²) in [5.41, 5.74) is 24.5. The number of hydrogen-bond acceptors (Lipinski definition) is 4. The van der Waals surface area contributed by atoms with Gasteiger partial charge in [-0.3, -0.25) is 9.13 Å². The third-order valence-electron chi connectivity index (χ3n) is 22.2. The maximum Gasteiger partial charge on any atom is 0.235 e. The van der Waals surface area contributed by atoms with Crippen molar-refractivity contribution in [1.82, 2.24) is 38.2 Å². The Morgan fingerprint density at radius 3 is 0.909 bits per heavy atom. The predicted molar refractivity (Wildman–Crippen MR) is 459 cm³/mol. The van der Waals surface area contributed by atoms with E-state index in [4.69, 9.17) is 19.9 Å². The Labute approximate surface area is 632 Å². The van der Waals surface area contributed by atoms with Crippen LogP contribution in [0.4, 0.5) is 0 Å². The number of aromatic nitrogens is 8. The number of benzene rings is 17. The Hall–Kier alpha value is -14.9. The second-order valence-electron chi connectivity index (χ2n) is 28.4. The molecule has 0 aliphatic heterocycles. The average molecular weight is 1400 g/mol. The van der Waals surface area contributed by atoms with E-state index in [-0.39, 0.29) is 0 Å². The molecule has 8 heteroatoms. The number of fused-ring (bicyclic) bond motifs is 18. The lowest BCUT2D eigenvalue weighted by atomic mass is 9.97. The van der Waals surface area contributed by atoms with Crippen molar-refractivity contribution >= 4 is 131 Å². The molecule has 0 N–H and O–H groups in total. The van der Waals surface area contributed by atoms with Crippen LogP contribution in [0, 0.1) is 0 Å². The highest BCUT2D eigenvalue weighted by Gasteiger charge is 2.23. The fourth-order valence-corrected chi connectivity index (χ4v) is 17.2. The highest BCUT2D eigenvalue weighted by atomic mass is 15.2. The van der Waals surface area contributed by atoms with Crippen LogP contribution in [0.3, 0.4) is 0 Å². The molecule has 0 saturated carbocycles. The molecular formula is C102H64N8. The molecule has 0 amide bonds. The van der Waals surface area contributed by atoms with Crippen LogP contribution in [0.2, 0.25) is 0 Å². The van der Waals surface area contributed by atoms with Crippen LogP contribution in [0.25, 0.3) is 210 Å². The molecule has 110 heavy (non-hydrogen) atoms. The maximum atomic E-state index is 5.37. The quantitative estimate of drug-likeness (QED) is 0.144. The first-order valence-corrected chi connectivity index (χ1v) is 37.4. The van der Waals surface area contributed by atoms with E-state index in [1.807, 2.05) is 12.1 Å². The molecule has 512 valence electrons. The summed E-state index contributed by atoms with van der Waals surface area (Å²) in [5.74, 6) is 1.33. The first-order valence-electron chi connectivity index (χ1n) is 37.4. The lowest BCUT2D eigenvalue weighted by Gasteiger charge is -2.12. The first-order chi connectivity index (χ1) is 54.6. The minimum atomic E-state index is 0.658. The zero-order chi connectivity index (χ0) is 72.3. The normalized spacial score (nSPS) is 11.8. The van der Waals surface area contributed by atoms with Crippen LogP contribution in [0.1, 0.15) is 0 Å². The Morgan fingerprint density at radius 2 is 0.464 bits per heavy atom. The van der Waals surface area contributed by atoms with Crippen molar-refractivity contribution in [3.05, 3.63) is 388 Å². The van der Waals surface area contributed by atoms with Crippen LogP contribution in [0.15, 0.2) is 388 Å². The van der Waals surface area contributed by atoms with Gasteiger partial charge in [0, 0.05) is 76.4 Å². The Morgan fingerprint density at radius 1 is 0.164 bits per heavy atom. The zero-order valence-electron chi connectivity index (χ0n) is 59.5. The van der Waals surface area contributed by atoms with Crippen LogP contribution in [0.5, 0.6) is 0 Å². The Bertz CT molecular complexity index is 7620. The largest absolute Gasteiger partial charge is 0.309 e. The number of nitrogens with zero attached hydrogens (tertiary/aromatic N) is 8. The van der Waals surface area contributed by atoms with Gasteiger partial charge in [-0.1, -0.05) is 279 Å². The van der Waals surface area contributed by atoms with Gasteiger partial charge in [-0.25, -0.2) is 19.9 Å². The van der Waals surface area contributed by atoms with Gasteiger partial charge in [0.2, 0.25) is 11.9 Å². The second-order valence-corrected chi connectivity index (χ2v) is 28.4. The summed E-state index contributed by atoms with van der Waals surface area (Å²) < 4.78 is 9.20. The fraction of sp³-hybridized carbons (Fsp3) is 0. The lowest BCUT2D eigenvalue weighted by molar-refractivity contribution is 1.01. The third kappa shape index (κ3) is 10.1. The van der Waals surface area contributed by atoms with Crippen LogP contribution in [-0.2, 0) is 0 Å². The molecule has 0 fully saturated rings. The van der Waals surface area contributed by atoms with E-state index in [2.05, 4.69) is 394 Å². The van der Waals surface area contributed by atoms with E-state index >= 15 is 0 Å². The topological polar surface area (TPSA) is 71.3 Å². The minimum Gasteiger partial charge on any atom is -0.309 e. The lowest BCUT2D eigenvalue weighted by Crippen LogP contribution is -2.03. The summed E-state index contributed by atoms with van der Waals surface area (Å²) in [6.45, 7) is 0. The summed E-state index contributed by atoms with van der Waals surface area (Å²) in [4.78, 5) is 21.0. The van der Waals surface area contributed by atoms with E-state index in [0.717, 1.165) is 72.1 Å². The van der Waals surface area contributed by atoms with Crippen molar-refractivity contribution in [3.63, 3.8) is 0 Å². The minimum absolute atomic E-state index is 0.658. The molecule has 8 nitrogen and oxygen atoms in total. The first kappa shape index (κ1) is 62.5. The third-order valence-corrected chi connectivity index (χ3v) is 22.2. The van der Waals surface area contributed by atoms with Gasteiger partial charge in [0.15, 0.2) is 0 Å². The Balaban J connectivity index is 0.000000136. The molecule has 0 aliphatic rings. The molecule has 23 aromatic rings. The number of rotatable bonds is 9. The molecule has 6 aromatic heterocycles. The van der Waals surface area contributed by atoms with Gasteiger partial charge in [0.1, 0.15) is 0 Å². The average Bonchev–Trinajstić information content (AvgIpc) is 1.57. The molecule has 0 bridgehead atoms. The molecular weight excluding hydrogens is 1340 g/mol. The second kappa shape index (κ2) is 25.4. The van der Waals surface area contributed by atoms with Gasteiger partial charge in [0.25, 0.3) is 0 Å². The van der Waals surface area contributed by atoms with Gasteiger partial charge in [-0.05, 0) is 164 Å². The van der Waals surface area contributed by atoms with Crippen molar-refractivity contribution in [2.75, 3.05) is 0 Å². The van der Waals surface area contributed by atoms with Crippen molar-refractivity contribution in [3.8, 4) is 79.2 Å². The smallest absolute Gasteiger partial charge is 0.235 e. The van der Waals surface area contributed by atoms with Crippen LogP contribution < -0.4 is 0 Å². The molecule has 23 rings (SSSR count). The van der Waals surface area contributed by atoms with E-state index in [1.54, 1.807) is 0 Å². The number of hydrogen-bond donors (Lipinski definition) is 0. The molecule has 0 saturated heterocycles. The van der Waals surface area contributed by atoms with Crippen LogP contribution in [-0.4, -0.2) is 38.2 Å². The van der Waals surface area contributed by atoms with Gasteiger partial charge >= 0.3 is 0 Å². The molecule has 0 spiro atoms. The van der Waals surface area contributed by atoms with E-state index in [1.165, 1.54) is 126 Å². The molecule has 0 atom stereocenters. The van der Waals surface area contributed by atoms with E-state index < -0.39 is 0 Å². The van der Waals surface area contributed by atoms with Gasteiger partial charge in [-0.2, -0.15) is 0 Å². The molecule has 0 aliphatic carbocycles. The van der Waals surface area contributed by atoms with E-state index in [9.17, 15) is 0 Å². The van der Waals surface area contributed by atoms with Crippen molar-refractivity contribution in [1.29, 1.82) is 0 Å².